The number of para-hydroxylation sites is 2. The fourth-order valence-corrected chi connectivity index (χ4v) is 1.70. The van der Waals surface area contributed by atoms with Crippen molar-refractivity contribution in [2.24, 2.45) is 0 Å². The molecule has 0 spiro atoms. The van der Waals surface area contributed by atoms with Gasteiger partial charge in [-0.3, -0.25) is 0 Å². The topological polar surface area (TPSA) is 33.3 Å². The van der Waals surface area contributed by atoms with E-state index in [9.17, 15) is 17.6 Å². The molecule has 0 aliphatic rings. The van der Waals surface area contributed by atoms with Gasteiger partial charge >= 0.3 is 12.5 Å². The van der Waals surface area contributed by atoms with E-state index in [0.717, 1.165) is 5.69 Å². The third-order valence-electron chi connectivity index (χ3n) is 2.76. The Morgan fingerprint density at radius 1 is 0.955 bits per heavy atom. The summed E-state index contributed by atoms with van der Waals surface area (Å²) in [5.74, 6) is -0.296. The summed E-state index contributed by atoms with van der Waals surface area (Å²) in [6.45, 7) is 0.115. The van der Waals surface area contributed by atoms with E-state index in [4.69, 9.17) is 0 Å². The van der Waals surface area contributed by atoms with E-state index >= 15 is 0 Å². The first-order chi connectivity index (χ1) is 10.5. The maximum absolute atomic E-state index is 13.0. The molecular weight excluding hydrogens is 300 g/mol. The Balaban J connectivity index is 1.99. The predicted molar refractivity (Wildman–Crippen MR) is 74.9 cm³/mol. The second kappa shape index (κ2) is 7.13. The number of ether oxygens (including phenoxy) is 1. The van der Waals surface area contributed by atoms with E-state index in [2.05, 4.69) is 15.6 Å². The average molecular weight is 314 g/mol. The Bertz CT molecular complexity index is 593. The first-order valence-electron chi connectivity index (χ1n) is 6.46. The maximum Gasteiger partial charge on any atom is 0.461 e. The molecule has 7 heteroatoms. The van der Waals surface area contributed by atoms with Crippen molar-refractivity contribution < 1.29 is 22.3 Å². The van der Waals surface area contributed by atoms with E-state index in [-0.39, 0.29) is 12.3 Å². The van der Waals surface area contributed by atoms with Gasteiger partial charge in [0, 0.05) is 17.8 Å². The maximum atomic E-state index is 13.0. The van der Waals surface area contributed by atoms with Crippen LogP contribution in [-0.4, -0.2) is 12.5 Å². The fraction of sp³-hybridized carbons (Fsp3) is 0.200. The van der Waals surface area contributed by atoms with Crippen molar-refractivity contribution >= 4 is 5.69 Å². The molecule has 0 aliphatic heterocycles. The molecule has 2 aromatic rings. The average Bonchev–Trinajstić information content (AvgIpc) is 2.49. The summed E-state index contributed by atoms with van der Waals surface area (Å²) in [7, 11) is 0. The van der Waals surface area contributed by atoms with Crippen molar-refractivity contribution in [3.05, 3.63) is 60.2 Å². The minimum Gasteiger partial charge on any atom is -0.428 e. The standard InChI is InChI=1S/C15H14F4N2O/c16-14(17)15(18,19)22-13-9-5-4-6-11(13)10-20-21-12-7-2-1-3-8-12/h1-9,14,20-21H,10H2. The number of rotatable bonds is 7. The molecule has 0 atom stereocenters. The summed E-state index contributed by atoms with van der Waals surface area (Å²) in [6.07, 6.45) is -8.42. The van der Waals surface area contributed by atoms with Crippen molar-refractivity contribution in [2.45, 2.75) is 19.1 Å². The number of benzene rings is 2. The van der Waals surface area contributed by atoms with Crippen LogP contribution in [-0.2, 0) is 6.54 Å². The molecule has 22 heavy (non-hydrogen) atoms. The predicted octanol–water partition coefficient (Wildman–Crippen LogP) is 4.04. The SMILES string of the molecule is FC(F)C(F)(F)Oc1ccccc1CNNc1ccccc1. The van der Waals surface area contributed by atoms with Crippen LogP contribution < -0.4 is 15.6 Å². The molecule has 0 heterocycles. The van der Waals surface area contributed by atoms with Crippen molar-refractivity contribution in [3.8, 4) is 5.75 Å². The van der Waals surface area contributed by atoms with Gasteiger partial charge in [0.25, 0.3) is 0 Å². The van der Waals surface area contributed by atoms with Crippen molar-refractivity contribution in [1.29, 1.82) is 0 Å². The van der Waals surface area contributed by atoms with Gasteiger partial charge in [-0.05, 0) is 18.2 Å². The Hall–Kier alpha value is -2.28. The molecule has 118 valence electrons. The third kappa shape index (κ3) is 4.36. The first-order valence-corrected chi connectivity index (χ1v) is 6.46. The van der Waals surface area contributed by atoms with Crippen LogP contribution in [0, 0.1) is 0 Å². The normalized spacial score (nSPS) is 11.5. The van der Waals surface area contributed by atoms with Crippen molar-refractivity contribution in [1.82, 2.24) is 5.43 Å². The lowest BCUT2D eigenvalue weighted by Crippen LogP contribution is -2.34. The minimum absolute atomic E-state index is 0.115. The van der Waals surface area contributed by atoms with Crippen LogP contribution in [0.2, 0.25) is 0 Å². The molecule has 0 amide bonds. The van der Waals surface area contributed by atoms with Crippen molar-refractivity contribution in [3.63, 3.8) is 0 Å². The molecule has 2 N–H and O–H groups in total. The molecule has 0 aromatic heterocycles. The molecule has 2 rings (SSSR count). The number of hydrogen-bond acceptors (Lipinski definition) is 3. The molecule has 0 saturated heterocycles. The van der Waals surface area contributed by atoms with E-state index < -0.39 is 12.5 Å². The lowest BCUT2D eigenvalue weighted by molar-refractivity contribution is -0.253. The first kappa shape index (κ1) is 16.1. The van der Waals surface area contributed by atoms with Gasteiger partial charge in [-0.1, -0.05) is 36.4 Å². The van der Waals surface area contributed by atoms with Gasteiger partial charge in [-0.25, -0.2) is 5.43 Å². The Morgan fingerprint density at radius 2 is 1.59 bits per heavy atom. The zero-order valence-electron chi connectivity index (χ0n) is 11.4. The largest absolute Gasteiger partial charge is 0.461 e. The van der Waals surface area contributed by atoms with Crippen LogP contribution in [0.1, 0.15) is 5.56 Å². The number of nitrogens with one attached hydrogen (secondary N) is 2. The van der Waals surface area contributed by atoms with Crippen LogP contribution in [0.3, 0.4) is 0 Å². The monoisotopic (exact) mass is 314 g/mol. The summed E-state index contributed by atoms with van der Waals surface area (Å²) in [5, 5.41) is 0. The lowest BCUT2D eigenvalue weighted by Gasteiger charge is -2.19. The van der Waals surface area contributed by atoms with E-state index in [1.165, 1.54) is 18.2 Å². The quantitative estimate of drug-likeness (QED) is 0.598. The van der Waals surface area contributed by atoms with Crippen LogP contribution >= 0.6 is 0 Å². The smallest absolute Gasteiger partial charge is 0.428 e. The van der Waals surface area contributed by atoms with Gasteiger partial charge in [-0.15, -0.1) is 0 Å². The molecule has 0 fully saturated rings. The molecule has 0 unspecified atom stereocenters. The summed E-state index contributed by atoms with van der Waals surface area (Å²) >= 11 is 0. The Morgan fingerprint density at radius 3 is 2.27 bits per heavy atom. The summed E-state index contributed by atoms with van der Waals surface area (Å²) < 4.78 is 54.5. The van der Waals surface area contributed by atoms with Gasteiger partial charge in [0.15, 0.2) is 0 Å². The molecular formula is C15H14F4N2O. The highest BCUT2D eigenvalue weighted by Gasteiger charge is 2.44. The minimum atomic E-state index is -4.52. The van der Waals surface area contributed by atoms with Crippen LogP contribution in [0.25, 0.3) is 0 Å². The van der Waals surface area contributed by atoms with E-state index in [1.54, 1.807) is 18.2 Å². The van der Waals surface area contributed by atoms with Crippen LogP contribution in [0.5, 0.6) is 5.75 Å². The number of hydrogen-bond donors (Lipinski definition) is 2. The van der Waals surface area contributed by atoms with Crippen LogP contribution in [0.4, 0.5) is 23.2 Å². The van der Waals surface area contributed by atoms with Gasteiger partial charge in [0.05, 0.1) is 0 Å². The van der Waals surface area contributed by atoms with Gasteiger partial charge in [-0.2, -0.15) is 17.6 Å². The van der Waals surface area contributed by atoms with E-state index in [1.807, 2.05) is 18.2 Å². The highest BCUT2D eigenvalue weighted by Crippen LogP contribution is 2.29. The van der Waals surface area contributed by atoms with Crippen LogP contribution in [0.15, 0.2) is 54.6 Å². The molecule has 2 aromatic carbocycles. The van der Waals surface area contributed by atoms with Gasteiger partial charge < -0.3 is 10.2 Å². The highest BCUT2D eigenvalue weighted by atomic mass is 19.3. The summed E-state index contributed by atoms with van der Waals surface area (Å²) in [4.78, 5) is 0. The second-order valence-corrected chi connectivity index (χ2v) is 4.42. The number of hydrazine groups is 1. The number of halogens is 4. The third-order valence-corrected chi connectivity index (χ3v) is 2.76. The summed E-state index contributed by atoms with van der Waals surface area (Å²) in [6, 6.07) is 14.9. The van der Waals surface area contributed by atoms with E-state index in [0.29, 0.717) is 5.56 Å². The molecule has 0 bridgehead atoms. The zero-order valence-corrected chi connectivity index (χ0v) is 11.4. The molecule has 3 nitrogen and oxygen atoms in total. The highest BCUT2D eigenvalue weighted by molar-refractivity contribution is 5.41. The zero-order chi connectivity index (χ0) is 16.0. The van der Waals surface area contributed by atoms with Crippen molar-refractivity contribution in [2.75, 3.05) is 5.43 Å². The number of alkyl halides is 4. The second-order valence-electron chi connectivity index (χ2n) is 4.42. The Kier molecular flexibility index (Phi) is 5.21. The molecule has 0 saturated carbocycles. The lowest BCUT2D eigenvalue weighted by atomic mass is 10.2. The molecule has 0 aliphatic carbocycles. The summed E-state index contributed by atoms with van der Waals surface area (Å²) in [5.41, 5.74) is 6.78. The van der Waals surface area contributed by atoms with Gasteiger partial charge in [0.1, 0.15) is 5.75 Å². The number of anilines is 1. The van der Waals surface area contributed by atoms with Gasteiger partial charge in [0.2, 0.25) is 0 Å². The Labute approximate surface area is 124 Å². The fourth-order valence-electron chi connectivity index (χ4n) is 1.70. The molecule has 0 radical (unpaired) electrons.